The Morgan fingerprint density at radius 2 is 2.14 bits per heavy atom. The maximum absolute atomic E-state index is 12.2. The van der Waals surface area contributed by atoms with Crippen molar-refractivity contribution in [2.75, 3.05) is 0 Å². The standard InChI is InChI=1S/C17H18N4O/c1-12-5-4-8-21-15(13(2)20-17(12)21)9-16(22)19-11-14-6-3-7-18-10-14/h3-8,10H,9,11H2,1-2H3,(H,19,22). The van der Waals surface area contributed by atoms with Crippen LogP contribution >= 0.6 is 0 Å². The van der Waals surface area contributed by atoms with E-state index in [-0.39, 0.29) is 5.91 Å². The van der Waals surface area contributed by atoms with Crippen molar-refractivity contribution >= 4 is 11.6 Å². The molecule has 0 saturated heterocycles. The Labute approximate surface area is 129 Å². The van der Waals surface area contributed by atoms with Crippen molar-refractivity contribution in [2.24, 2.45) is 0 Å². The van der Waals surface area contributed by atoms with Crippen LogP contribution in [0.15, 0.2) is 42.9 Å². The zero-order valence-corrected chi connectivity index (χ0v) is 12.7. The van der Waals surface area contributed by atoms with E-state index >= 15 is 0 Å². The maximum atomic E-state index is 12.2. The molecule has 0 aromatic carbocycles. The predicted molar refractivity (Wildman–Crippen MR) is 84.5 cm³/mol. The number of fused-ring (bicyclic) bond motifs is 1. The molecule has 1 N–H and O–H groups in total. The molecule has 0 radical (unpaired) electrons. The number of aryl methyl sites for hydroxylation is 2. The van der Waals surface area contributed by atoms with Crippen LogP contribution in [0.1, 0.15) is 22.5 Å². The summed E-state index contributed by atoms with van der Waals surface area (Å²) in [6.07, 6.45) is 5.74. The number of carbonyl (C=O) groups is 1. The van der Waals surface area contributed by atoms with Crippen LogP contribution in [-0.4, -0.2) is 20.3 Å². The van der Waals surface area contributed by atoms with Crippen molar-refractivity contribution in [1.29, 1.82) is 0 Å². The molecule has 22 heavy (non-hydrogen) atoms. The van der Waals surface area contributed by atoms with Gasteiger partial charge in [-0.1, -0.05) is 12.1 Å². The molecule has 0 spiro atoms. The molecule has 112 valence electrons. The van der Waals surface area contributed by atoms with Gasteiger partial charge in [-0.3, -0.25) is 9.78 Å². The summed E-state index contributed by atoms with van der Waals surface area (Å²) >= 11 is 0. The van der Waals surface area contributed by atoms with E-state index in [0.717, 1.165) is 28.2 Å². The summed E-state index contributed by atoms with van der Waals surface area (Å²) in [6, 6.07) is 7.80. The van der Waals surface area contributed by atoms with E-state index in [2.05, 4.69) is 15.3 Å². The summed E-state index contributed by atoms with van der Waals surface area (Å²) in [5.41, 5.74) is 4.83. The average molecular weight is 294 g/mol. The molecule has 0 saturated carbocycles. The molecule has 0 aliphatic heterocycles. The second-order valence-electron chi connectivity index (χ2n) is 5.34. The third-order valence-corrected chi connectivity index (χ3v) is 3.68. The lowest BCUT2D eigenvalue weighted by atomic mass is 10.2. The van der Waals surface area contributed by atoms with Crippen LogP contribution in [-0.2, 0) is 17.8 Å². The zero-order valence-electron chi connectivity index (χ0n) is 12.7. The Balaban J connectivity index is 1.74. The molecule has 3 aromatic rings. The quantitative estimate of drug-likeness (QED) is 0.802. The lowest BCUT2D eigenvalue weighted by Crippen LogP contribution is -2.25. The Bertz CT molecular complexity index is 808. The molecule has 0 aliphatic carbocycles. The van der Waals surface area contributed by atoms with Gasteiger partial charge in [0.2, 0.25) is 5.91 Å². The zero-order chi connectivity index (χ0) is 15.5. The monoisotopic (exact) mass is 294 g/mol. The second-order valence-corrected chi connectivity index (χ2v) is 5.34. The largest absolute Gasteiger partial charge is 0.352 e. The molecule has 0 fully saturated rings. The molecule has 5 nitrogen and oxygen atoms in total. The Hall–Kier alpha value is -2.69. The number of pyridine rings is 2. The third kappa shape index (κ3) is 2.83. The first-order valence-electron chi connectivity index (χ1n) is 7.24. The van der Waals surface area contributed by atoms with Gasteiger partial charge in [0.05, 0.1) is 17.8 Å². The molecular weight excluding hydrogens is 276 g/mol. The molecule has 0 aliphatic rings. The SMILES string of the molecule is Cc1nc2c(C)cccn2c1CC(=O)NCc1cccnc1. The number of amides is 1. The van der Waals surface area contributed by atoms with Crippen LogP contribution in [0, 0.1) is 13.8 Å². The Morgan fingerprint density at radius 3 is 2.91 bits per heavy atom. The van der Waals surface area contributed by atoms with Crippen LogP contribution in [0.25, 0.3) is 5.65 Å². The van der Waals surface area contributed by atoms with Crippen molar-refractivity contribution in [1.82, 2.24) is 19.7 Å². The highest BCUT2D eigenvalue weighted by Crippen LogP contribution is 2.15. The van der Waals surface area contributed by atoms with E-state index in [4.69, 9.17) is 0 Å². The normalized spacial score (nSPS) is 10.8. The fraction of sp³-hybridized carbons (Fsp3) is 0.235. The van der Waals surface area contributed by atoms with Gasteiger partial charge < -0.3 is 9.72 Å². The minimum atomic E-state index is -0.0183. The highest BCUT2D eigenvalue weighted by atomic mass is 16.1. The van der Waals surface area contributed by atoms with E-state index in [9.17, 15) is 4.79 Å². The number of rotatable bonds is 4. The van der Waals surface area contributed by atoms with Crippen LogP contribution in [0.4, 0.5) is 0 Å². The summed E-state index contributed by atoms with van der Waals surface area (Å²) < 4.78 is 1.99. The number of hydrogen-bond acceptors (Lipinski definition) is 3. The van der Waals surface area contributed by atoms with Crippen molar-refractivity contribution in [3.05, 3.63) is 65.4 Å². The fourth-order valence-corrected chi connectivity index (χ4v) is 2.50. The van der Waals surface area contributed by atoms with E-state index in [0.29, 0.717) is 13.0 Å². The minimum Gasteiger partial charge on any atom is -0.352 e. The van der Waals surface area contributed by atoms with Gasteiger partial charge >= 0.3 is 0 Å². The topological polar surface area (TPSA) is 59.3 Å². The smallest absolute Gasteiger partial charge is 0.226 e. The summed E-state index contributed by atoms with van der Waals surface area (Å²) in [7, 11) is 0. The minimum absolute atomic E-state index is 0.0183. The van der Waals surface area contributed by atoms with Crippen LogP contribution in [0.2, 0.25) is 0 Å². The summed E-state index contributed by atoms with van der Waals surface area (Å²) in [6.45, 7) is 4.45. The van der Waals surface area contributed by atoms with Crippen molar-refractivity contribution in [3.8, 4) is 0 Å². The number of nitrogens with zero attached hydrogens (tertiary/aromatic N) is 3. The van der Waals surface area contributed by atoms with Gasteiger partial charge in [-0.2, -0.15) is 0 Å². The molecule has 0 bridgehead atoms. The average Bonchev–Trinajstić information content (AvgIpc) is 2.84. The van der Waals surface area contributed by atoms with E-state index < -0.39 is 0 Å². The number of imidazole rings is 1. The van der Waals surface area contributed by atoms with E-state index in [1.807, 2.05) is 48.7 Å². The summed E-state index contributed by atoms with van der Waals surface area (Å²) in [5.74, 6) is -0.0183. The van der Waals surface area contributed by atoms with Gasteiger partial charge in [0.1, 0.15) is 5.65 Å². The molecule has 3 aromatic heterocycles. The molecule has 1 amide bonds. The first-order valence-corrected chi connectivity index (χ1v) is 7.24. The maximum Gasteiger partial charge on any atom is 0.226 e. The lowest BCUT2D eigenvalue weighted by molar-refractivity contribution is -0.120. The van der Waals surface area contributed by atoms with Gasteiger partial charge in [0, 0.05) is 25.1 Å². The number of aromatic nitrogens is 3. The first kappa shape index (κ1) is 14.3. The highest BCUT2D eigenvalue weighted by molar-refractivity contribution is 5.78. The highest BCUT2D eigenvalue weighted by Gasteiger charge is 2.13. The van der Waals surface area contributed by atoms with Gasteiger partial charge in [0.15, 0.2) is 0 Å². The molecular formula is C17H18N4O. The second kappa shape index (κ2) is 5.97. The number of hydrogen-bond donors (Lipinski definition) is 1. The van der Waals surface area contributed by atoms with Gasteiger partial charge in [-0.25, -0.2) is 4.98 Å². The molecule has 5 heteroatoms. The van der Waals surface area contributed by atoms with Crippen LogP contribution < -0.4 is 5.32 Å². The Morgan fingerprint density at radius 1 is 1.27 bits per heavy atom. The fourth-order valence-electron chi connectivity index (χ4n) is 2.50. The molecule has 3 heterocycles. The lowest BCUT2D eigenvalue weighted by Gasteiger charge is -2.06. The summed E-state index contributed by atoms with van der Waals surface area (Å²) in [4.78, 5) is 20.8. The first-order chi connectivity index (χ1) is 10.6. The molecule has 3 rings (SSSR count). The number of carbonyl (C=O) groups excluding carboxylic acids is 1. The molecule has 0 unspecified atom stereocenters. The third-order valence-electron chi connectivity index (χ3n) is 3.68. The van der Waals surface area contributed by atoms with Gasteiger partial charge in [0.25, 0.3) is 0 Å². The van der Waals surface area contributed by atoms with Gasteiger partial charge in [-0.15, -0.1) is 0 Å². The van der Waals surface area contributed by atoms with E-state index in [1.54, 1.807) is 12.4 Å². The van der Waals surface area contributed by atoms with E-state index in [1.165, 1.54) is 0 Å². The number of nitrogens with one attached hydrogen (secondary N) is 1. The Kier molecular flexibility index (Phi) is 3.87. The van der Waals surface area contributed by atoms with Crippen molar-refractivity contribution in [2.45, 2.75) is 26.8 Å². The van der Waals surface area contributed by atoms with Gasteiger partial charge in [-0.05, 0) is 37.1 Å². The van der Waals surface area contributed by atoms with Crippen molar-refractivity contribution < 1.29 is 4.79 Å². The predicted octanol–water partition coefficient (Wildman–Crippen LogP) is 2.21. The molecule has 0 atom stereocenters. The van der Waals surface area contributed by atoms with Crippen molar-refractivity contribution in [3.63, 3.8) is 0 Å². The van der Waals surface area contributed by atoms with Crippen LogP contribution in [0.5, 0.6) is 0 Å². The summed E-state index contributed by atoms with van der Waals surface area (Å²) in [5, 5.41) is 2.92. The van der Waals surface area contributed by atoms with Crippen LogP contribution in [0.3, 0.4) is 0 Å².